The van der Waals surface area contributed by atoms with Gasteiger partial charge in [0.15, 0.2) is 24.3 Å². The average Bonchev–Trinajstić information content (AvgIpc) is 3.30. The van der Waals surface area contributed by atoms with Crippen LogP contribution < -0.4 is 0 Å². The minimum Gasteiger partial charge on any atom is -0.458 e. The van der Waals surface area contributed by atoms with E-state index in [0.29, 0.717) is 25.7 Å². The molecular formula is C29H40O7. The number of carbonyl (C=O) groups is 3. The normalized spacial score (nSPS) is 44.8. The predicted molar refractivity (Wildman–Crippen MR) is 132 cm³/mol. The van der Waals surface area contributed by atoms with Crippen molar-refractivity contribution in [3.63, 3.8) is 0 Å². The van der Waals surface area contributed by atoms with Gasteiger partial charge in [-0.05, 0) is 62.5 Å². The van der Waals surface area contributed by atoms with Gasteiger partial charge in [-0.3, -0.25) is 14.4 Å². The van der Waals surface area contributed by atoms with Crippen LogP contribution in [0.25, 0.3) is 0 Å². The largest absolute Gasteiger partial charge is 0.458 e. The Morgan fingerprint density at radius 1 is 1.22 bits per heavy atom. The fraction of sp³-hybridized carbons (Fsp3) is 0.759. The van der Waals surface area contributed by atoms with Crippen LogP contribution in [-0.2, 0) is 28.6 Å². The summed E-state index contributed by atoms with van der Waals surface area (Å²) in [5.41, 5.74) is -1.18. The van der Waals surface area contributed by atoms with Gasteiger partial charge in [-0.15, -0.1) is 0 Å². The summed E-state index contributed by atoms with van der Waals surface area (Å²) in [6, 6.07) is 0. The fourth-order valence-corrected chi connectivity index (χ4v) is 8.54. The molecule has 1 N–H and O–H groups in total. The van der Waals surface area contributed by atoms with E-state index in [1.807, 2.05) is 13.0 Å². The molecule has 5 aliphatic rings. The lowest BCUT2D eigenvalue weighted by atomic mass is 9.46. The summed E-state index contributed by atoms with van der Waals surface area (Å²) in [7, 11) is 0. The van der Waals surface area contributed by atoms with E-state index in [1.54, 1.807) is 12.2 Å². The fourth-order valence-electron chi connectivity index (χ4n) is 8.54. The molecule has 36 heavy (non-hydrogen) atoms. The maximum Gasteiger partial charge on any atom is 0.306 e. The molecule has 7 heteroatoms. The summed E-state index contributed by atoms with van der Waals surface area (Å²) in [5.74, 6) is -0.398. The first kappa shape index (κ1) is 25.8. The molecule has 4 fully saturated rings. The number of hydrogen-bond donors (Lipinski definition) is 1. The number of aliphatic hydroxyl groups is 1. The van der Waals surface area contributed by atoms with Gasteiger partial charge in [0.25, 0.3) is 0 Å². The van der Waals surface area contributed by atoms with E-state index in [2.05, 4.69) is 20.8 Å². The molecule has 0 amide bonds. The van der Waals surface area contributed by atoms with E-state index in [4.69, 9.17) is 14.2 Å². The van der Waals surface area contributed by atoms with Gasteiger partial charge in [0.05, 0.1) is 12.2 Å². The van der Waals surface area contributed by atoms with E-state index in [9.17, 15) is 19.5 Å². The molecule has 7 nitrogen and oxygen atoms in total. The van der Waals surface area contributed by atoms with Crippen molar-refractivity contribution in [2.75, 3.05) is 6.61 Å². The summed E-state index contributed by atoms with van der Waals surface area (Å²) < 4.78 is 18.3. The molecule has 3 saturated carbocycles. The molecule has 198 valence electrons. The molecule has 5 rings (SSSR count). The zero-order valence-electron chi connectivity index (χ0n) is 22.0. The van der Waals surface area contributed by atoms with Gasteiger partial charge in [0, 0.05) is 23.2 Å². The summed E-state index contributed by atoms with van der Waals surface area (Å²) >= 11 is 0. The second kappa shape index (κ2) is 9.17. The lowest BCUT2D eigenvalue weighted by Gasteiger charge is -2.59. The Hall–Kier alpha value is -1.83. The first-order chi connectivity index (χ1) is 17.1. The second-order valence-electron chi connectivity index (χ2n) is 12.0. The smallest absolute Gasteiger partial charge is 0.306 e. The topological polar surface area (TPSA) is 99.1 Å². The Morgan fingerprint density at radius 3 is 2.72 bits per heavy atom. The van der Waals surface area contributed by atoms with Crippen molar-refractivity contribution in [2.45, 2.75) is 103 Å². The minimum absolute atomic E-state index is 0.0115. The minimum atomic E-state index is -1.24. The lowest BCUT2D eigenvalue weighted by molar-refractivity contribution is -0.201. The zero-order chi connectivity index (χ0) is 25.9. The molecule has 0 radical (unpaired) electrons. The monoisotopic (exact) mass is 500 g/mol. The number of aliphatic hydroxyl groups excluding tert-OH is 1. The molecule has 9 atom stereocenters. The first-order valence-corrected chi connectivity index (χ1v) is 13.7. The van der Waals surface area contributed by atoms with Crippen LogP contribution in [0.1, 0.15) is 79.1 Å². The standard InChI is InChI=1S/C29H40O7/c1-5-7-24(33)34-16-22(32)29-23(35-25(36-29)8-6-2)14-20-19-10-9-17-13-18(30)11-12-27(17,3)26(19)21(31)15-28(20,29)4/h11-13,19-21,23,25-26,31H,5-10,14-16H2,1-4H3/t19-,20-,21-,23?,25?,26+,27-,28-,29?/m0/s1. The lowest BCUT2D eigenvalue weighted by Crippen LogP contribution is -2.63. The van der Waals surface area contributed by atoms with E-state index < -0.39 is 29.5 Å². The van der Waals surface area contributed by atoms with Crippen LogP contribution in [0.4, 0.5) is 0 Å². The maximum absolute atomic E-state index is 13.9. The number of carbonyl (C=O) groups excluding carboxylic acids is 3. The van der Waals surface area contributed by atoms with Crippen molar-refractivity contribution in [3.8, 4) is 0 Å². The van der Waals surface area contributed by atoms with Crippen molar-refractivity contribution >= 4 is 17.5 Å². The van der Waals surface area contributed by atoms with Crippen LogP contribution >= 0.6 is 0 Å². The summed E-state index contributed by atoms with van der Waals surface area (Å²) in [4.78, 5) is 38.1. The summed E-state index contributed by atoms with van der Waals surface area (Å²) in [6.45, 7) is 7.83. The van der Waals surface area contributed by atoms with Crippen LogP contribution in [0.15, 0.2) is 23.8 Å². The molecule has 1 saturated heterocycles. The quantitative estimate of drug-likeness (QED) is 0.526. The molecule has 1 aliphatic heterocycles. The molecule has 3 unspecified atom stereocenters. The van der Waals surface area contributed by atoms with Gasteiger partial charge in [0.1, 0.15) is 0 Å². The Balaban J connectivity index is 1.49. The van der Waals surface area contributed by atoms with Gasteiger partial charge in [0.2, 0.25) is 5.78 Å². The third-order valence-electron chi connectivity index (χ3n) is 10.0. The van der Waals surface area contributed by atoms with Crippen molar-refractivity contribution in [1.82, 2.24) is 0 Å². The van der Waals surface area contributed by atoms with E-state index in [0.717, 1.165) is 24.8 Å². The second-order valence-corrected chi connectivity index (χ2v) is 12.0. The highest BCUT2D eigenvalue weighted by Gasteiger charge is 2.75. The van der Waals surface area contributed by atoms with Gasteiger partial charge < -0.3 is 19.3 Å². The number of ether oxygens (including phenoxy) is 3. The highest BCUT2D eigenvalue weighted by atomic mass is 16.7. The Morgan fingerprint density at radius 2 is 2.00 bits per heavy atom. The number of rotatable bonds is 7. The number of Topliss-reactive ketones (excluding diaryl/α,β-unsaturated/α-hetero) is 1. The van der Waals surface area contributed by atoms with Crippen LogP contribution in [0.2, 0.25) is 0 Å². The van der Waals surface area contributed by atoms with Crippen LogP contribution in [0, 0.1) is 28.6 Å². The van der Waals surface area contributed by atoms with E-state index in [-0.39, 0.29) is 53.7 Å². The first-order valence-electron chi connectivity index (χ1n) is 13.7. The molecule has 1 heterocycles. The third-order valence-corrected chi connectivity index (χ3v) is 10.0. The maximum atomic E-state index is 13.9. The molecule has 0 bridgehead atoms. The molecule has 0 aromatic rings. The molecule has 4 aliphatic carbocycles. The zero-order valence-corrected chi connectivity index (χ0v) is 22.0. The number of ketones is 2. The molecular weight excluding hydrogens is 460 g/mol. The molecule has 0 aromatic heterocycles. The van der Waals surface area contributed by atoms with E-state index in [1.165, 1.54) is 0 Å². The Labute approximate surface area is 213 Å². The van der Waals surface area contributed by atoms with Crippen LogP contribution in [0.5, 0.6) is 0 Å². The highest BCUT2D eigenvalue weighted by Crippen LogP contribution is 2.69. The van der Waals surface area contributed by atoms with Crippen molar-refractivity contribution in [2.24, 2.45) is 28.6 Å². The van der Waals surface area contributed by atoms with Crippen LogP contribution in [0.3, 0.4) is 0 Å². The van der Waals surface area contributed by atoms with Gasteiger partial charge in [-0.25, -0.2) is 0 Å². The number of fused-ring (bicyclic) bond motifs is 7. The summed E-state index contributed by atoms with van der Waals surface area (Å²) in [6.07, 6.45) is 8.99. The number of allylic oxidation sites excluding steroid dienone is 4. The van der Waals surface area contributed by atoms with Crippen molar-refractivity contribution in [3.05, 3.63) is 23.8 Å². The summed E-state index contributed by atoms with van der Waals surface area (Å²) in [5, 5.41) is 11.7. The SMILES string of the molecule is CCCC(=O)OCC(=O)C12OC(CCC)OC1C[C@H]1[C@@H]3CCC4=CC(=O)C=C[C@]4(C)[C@H]3[C@@H](O)C[C@@]12C. The third kappa shape index (κ3) is 3.60. The van der Waals surface area contributed by atoms with Crippen molar-refractivity contribution < 1.29 is 33.7 Å². The molecule has 0 aromatic carbocycles. The van der Waals surface area contributed by atoms with Crippen molar-refractivity contribution in [1.29, 1.82) is 0 Å². The van der Waals surface area contributed by atoms with Gasteiger partial charge in [-0.2, -0.15) is 0 Å². The predicted octanol–water partition coefficient (Wildman–Crippen LogP) is 4.07. The number of esters is 1. The highest BCUT2D eigenvalue weighted by molar-refractivity contribution is 6.01. The Bertz CT molecular complexity index is 1000. The number of hydrogen-bond acceptors (Lipinski definition) is 7. The van der Waals surface area contributed by atoms with Crippen LogP contribution in [-0.4, -0.2) is 53.3 Å². The Kier molecular flexibility index (Phi) is 6.58. The molecule has 0 spiro atoms. The van der Waals surface area contributed by atoms with E-state index >= 15 is 0 Å². The van der Waals surface area contributed by atoms with Gasteiger partial charge >= 0.3 is 5.97 Å². The van der Waals surface area contributed by atoms with Gasteiger partial charge in [-0.1, -0.05) is 45.8 Å². The average molecular weight is 501 g/mol.